The molecule has 1 aromatic carbocycles. The lowest BCUT2D eigenvalue weighted by Gasteiger charge is -2.23. The second kappa shape index (κ2) is 6.66. The smallest absolute Gasteiger partial charge is 0.128 e. The zero-order valence-electron chi connectivity index (χ0n) is 10.8. The second-order valence-corrected chi connectivity index (χ2v) is 3.93. The van der Waals surface area contributed by atoms with Crippen LogP contribution in [0.4, 0.5) is 0 Å². The Hall–Kier alpha value is -1.86. The monoisotopic (exact) mass is 225 g/mol. The zero-order valence-corrected chi connectivity index (χ0v) is 10.8. The third-order valence-corrected chi connectivity index (χ3v) is 2.44. The van der Waals surface area contributed by atoms with E-state index in [-0.39, 0.29) is 5.54 Å². The van der Waals surface area contributed by atoms with E-state index in [4.69, 9.17) is 0 Å². The lowest BCUT2D eigenvalue weighted by Crippen LogP contribution is -2.34. The highest BCUT2D eigenvalue weighted by atomic mass is 14.9. The summed E-state index contributed by atoms with van der Waals surface area (Å²) < 4.78 is 0. The molecule has 0 amide bonds. The minimum Gasteiger partial charge on any atom is -0.325 e. The molecule has 88 valence electrons. The van der Waals surface area contributed by atoms with Gasteiger partial charge in [0.25, 0.3) is 0 Å². The minimum absolute atomic E-state index is 0.389. The summed E-state index contributed by atoms with van der Waals surface area (Å²) in [6.07, 6.45) is 1.70. The van der Waals surface area contributed by atoms with Gasteiger partial charge in [0.15, 0.2) is 0 Å². The van der Waals surface area contributed by atoms with E-state index in [1.165, 1.54) is 0 Å². The SMILES string of the molecule is CCC#CN[C@](C)(C#CCC)c1ccccc1. The Morgan fingerprint density at radius 2 is 1.71 bits per heavy atom. The predicted molar refractivity (Wildman–Crippen MR) is 73.1 cm³/mol. The summed E-state index contributed by atoms with van der Waals surface area (Å²) in [4.78, 5) is 0. The predicted octanol–water partition coefficient (Wildman–Crippen LogP) is 3.28. The fraction of sp³-hybridized carbons (Fsp3) is 0.375. The molecular formula is C16H19N. The molecule has 0 heterocycles. The van der Waals surface area contributed by atoms with Gasteiger partial charge in [0.05, 0.1) is 0 Å². The Morgan fingerprint density at radius 1 is 1.06 bits per heavy atom. The maximum absolute atomic E-state index is 3.26. The van der Waals surface area contributed by atoms with Crippen LogP contribution in [0.15, 0.2) is 30.3 Å². The maximum atomic E-state index is 3.26. The van der Waals surface area contributed by atoms with Gasteiger partial charge in [-0.25, -0.2) is 0 Å². The van der Waals surface area contributed by atoms with Gasteiger partial charge in [0.1, 0.15) is 5.54 Å². The Bertz CT molecular complexity index is 453. The Morgan fingerprint density at radius 3 is 2.29 bits per heavy atom. The molecule has 0 fully saturated rings. The molecule has 17 heavy (non-hydrogen) atoms. The zero-order chi connectivity index (χ0) is 12.6. The molecule has 1 rings (SSSR count). The highest BCUT2D eigenvalue weighted by Crippen LogP contribution is 2.19. The van der Waals surface area contributed by atoms with Crippen molar-refractivity contribution >= 4 is 0 Å². The van der Waals surface area contributed by atoms with Crippen LogP contribution in [0.5, 0.6) is 0 Å². The first-order valence-electron chi connectivity index (χ1n) is 6.03. The molecule has 0 bridgehead atoms. The molecule has 0 saturated carbocycles. The van der Waals surface area contributed by atoms with Crippen molar-refractivity contribution in [2.75, 3.05) is 0 Å². The van der Waals surface area contributed by atoms with Gasteiger partial charge in [0, 0.05) is 18.9 Å². The van der Waals surface area contributed by atoms with Gasteiger partial charge in [-0.1, -0.05) is 56.0 Å². The van der Waals surface area contributed by atoms with Gasteiger partial charge >= 0.3 is 0 Å². The normalized spacial score (nSPS) is 12.4. The fourth-order valence-electron chi connectivity index (χ4n) is 1.47. The Labute approximate surface area is 105 Å². The standard InChI is InChI=1S/C16H19N/c1-4-6-13-16(3,17-14-7-5-2)15-11-9-8-10-12-15/h8-12,17H,4-5H2,1-3H3/t16-/m1/s1. The van der Waals surface area contributed by atoms with E-state index in [0.717, 1.165) is 18.4 Å². The van der Waals surface area contributed by atoms with Crippen molar-refractivity contribution in [2.45, 2.75) is 39.2 Å². The summed E-state index contributed by atoms with van der Waals surface area (Å²) in [6, 6.07) is 13.2. The molecular weight excluding hydrogens is 206 g/mol. The molecule has 1 nitrogen and oxygen atoms in total. The largest absolute Gasteiger partial charge is 0.325 e. The van der Waals surface area contributed by atoms with Crippen molar-refractivity contribution in [1.29, 1.82) is 0 Å². The third kappa shape index (κ3) is 3.89. The number of hydrogen-bond donors (Lipinski definition) is 1. The number of hydrogen-bond acceptors (Lipinski definition) is 1. The molecule has 0 radical (unpaired) electrons. The van der Waals surface area contributed by atoms with Crippen molar-refractivity contribution in [1.82, 2.24) is 5.32 Å². The molecule has 0 aromatic heterocycles. The van der Waals surface area contributed by atoms with E-state index >= 15 is 0 Å². The van der Waals surface area contributed by atoms with E-state index < -0.39 is 0 Å². The molecule has 1 atom stereocenters. The van der Waals surface area contributed by atoms with E-state index in [1.807, 2.05) is 25.1 Å². The van der Waals surface area contributed by atoms with Crippen LogP contribution in [-0.4, -0.2) is 0 Å². The highest BCUT2D eigenvalue weighted by Gasteiger charge is 2.22. The summed E-state index contributed by atoms with van der Waals surface area (Å²) in [6.45, 7) is 6.15. The van der Waals surface area contributed by atoms with E-state index in [9.17, 15) is 0 Å². The molecule has 1 heteroatoms. The maximum Gasteiger partial charge on any atom is 0.128 e. The van der Waals surface area contributed by atoms with Crippen LogP contribution in [0.1, 0.15) is 39.2 Å². The minimum atomic E-state index is -0.389. The average molecular weight is 225 g/mol. The molecule has 0 spiro atoms. The van der Waals surface area contributed by atoms with Crippen LogP contribution < -0.4 is 5.32 Å². The summed E-state index contributed by atoms with van der Waals surface area (Å²) in [7, 11) is 0. The molecule has 0 aliphatic carbocycles. The Kier molecular flexibility index (Phi) is 5.18. The number of rotatable bonds is 2. The van der Waals surface area contributed by atoms with Gasteiger partial charge in [-0.15, -0.1) is 5.92 Å². The van der Waals surface area contributed by atoms with Crippen LogP contribution in [0.3, 0.4) is 0 Å². The molecule has 1 aromatic rings. The first-order chi connectivity index (χ1) is 8.23. The van der Waals surface area contributed by atoms with Gasteiger partial charge in [-0.2, -0.15) is 0 Å². The number of benzene rings is 1. The van der Waals surface area contributed by atoms with Crippen LogP contribution in [0.2, 0.25) is 0 Å². The first-order valence-corrected chi connectivity index (χ1v) is 6.03. The Balaban J connectivity index is 3.02. The van der Waals surface area contributed by atoms with Crippen LogP contribution in [0, 0.1) is 23.8 Å². The van der Waals surface area contributed by atoms with Crippen molar-refractivity contribution in [3.63, 3.8) is 0 Å². The average Bonchev–Trinajstić information content (AvgIpc) is 2.38. The second-order valence-electron chi connectivity index (χ2n) is 3.93. The third-order valence-electron chi connectivity index (χ3n) is 2.44. The van der Waals surface area contributed by atoms with E-state index in [0.29, 0.717) is 0 Å². The fourth-order valence-corrected chi connectivity index (χ4v) is 1.47. The van der Waals surface area contributed by atoms with Crippen LogP contribution in [0.25, 0.3) is 0 Å². The summed E-state index contributed by atoms with van der Waals surface area (Å²) in [5, 5.41) is 3.21. The van der Waals surface area contributed by atoms with Gasteiger partial charge in [-0.3, -0.25) is 0 Å². The van der Waals surface area contributed by atoms with Crippen LogP contribution in [-0.2, 0) is 5.54 Å². The molecule has 0 aliphatic heterocycles. The van der Waals surface area contributed by atoms with Crippen molar-refractivity contribution in [3.8, 4) is 23.8 Å². The quantitative estimate of drug-likeness (QED) is 0.601. The molecule has 0 unspecified atom stereocenters. The van der Waals surface area contributed by atoms with Gasteiger partial charge in [-0.05, 0) is 12.5 Å². The molecule has 0 aliphatic rings. The topological polar surface area (TPSA) is 12.0 Å². The molecule has 0 saturated heterocycles. The first kappa shape index (κ1) is 13.2. The lowest BCUT2D eigenvalue weighted by atomic mass is 9.92. The van der Waals surface area contributed by atoms with Gasteiger partial charge < -0.3 is 5.32 Å². The van der Waals surface area contributed by atoms with Crippen molar-refractivity contribution < 1.29 is 0 Å². The van der Waals surface area contributed by atoms with Crippen molar-refractivity contribution in [3.05, 3.63) is 35.9 Å². The van der Waals surface area contributed by atoms with Crippen LogP contribution >= 0.6 is 0 Å². The molecule has 1 N–H and O–H groups in total. The van der Waals surface area contributed by atoms with E-state index in [2.05, 4.69) is 55.1 Å². The number of nitrogens with one attached hydrogen (secondary N) is 1. The lowest BCUT2D eigenvalue weighted by molar-refractivity contribution is 0.564. The van der Waals surface area contributed by atoms with Crippen molar-refractivity contribution in [2.24, 2.45) is 0 Å². The van der Waals surface area contributed by atoms with E-state index in [1.54, 1.807) is 0 Å². The summed E-state index contributed by atoms with van der Waals surface area (Å²) in [5.41, 5.74) is 0.755. The summed E-state index contributed by atoms with van der Waals surface area (Å²) in [5.74, 6) is 9.41. The summed E-state index contributed by atoms with van der Waals surface area (Å²) >= 11 is 0. The highest BCUT2D eigenvalue weighted by molar-refractivity contribution is 5.34. The van der Waals surface area contributed by atoms with Gasteiger partial charge in [0.2, 0.25) is 0 Å².